The predicted octanol–water partition coefficient (Wildman–Crippen LogP) is 2.49. The summed E-state index contributed by atoms with van der Waals surface area (Å²) in [4.78, 5) is 32.7. The summed E-state index contributed by atoms with van der Waals surface area (Å²) in [5, 5.41) is 0.00814. The summed E-state index contributed by atoms with van der Waals surface area (Å²) in [5.74, 6) is -0.505. The molecule has 0 rings (SSSR count). The lowest BCUT2D eigenvalue weighted by Crippen LogP contribution is -2.44. The molecular formula is C14H26O5Si. The van der Waals surface area contributed by atoms with Crippen LogP contribution in [0.1, 0.15) is 40.5 Å². The summed E-state index contributed by atoms with van der Waals surface area (Å²) < 4.78 is 10.8. The molecule has 0 aromatic carbocycles. The van der Waals surface area contributed by atoms with Crippen LogP contribution < -0.4 is 0 Å². The standard InChI is InChI=1S/C14H26O5Si/c1-11(17)18-12(9-15)7-8-13(10-16)19-20(5,6)14(2,3)4/h9-10,12-13H,7-8H2,1-6H3/t12-,13+/m0/s1. The molecule has 6 heteroatoms. The Morgan fingerprint density at radius 1 is 1.10 bits per heavy atom. The van der Waals surface area contributed by atoms with Gasteiger partial charge in [0.2, 0.25) is 0 Å². The lowest BCUT2D eigenvalue weighted by Gasteiger charge is -2.38. The smallest absolute Gasteiger partial charge is 0.303 e. The van der Waals surface area contributed by atoms with Gasteiger partial charge in [0.1, 0.15) is 12.4 Å². The van der Waals surface area contributed by atoms with E-state index in [2.05, 4.69) is 33.9 Å². The van der Waals surface area contributed by atoms with E-state index in [0.717, 1.165) is 6.29 Å². The van der Waals surface area contributed by atoms with Crippen molar-refractivity contribution in [2.75, 3.05) is 0 Å². The fourth-order valence-electron chi connectivity index (χ4n) is 1.41. The van der Waals surface area contributed by atoms with E-state index in [9.17, 15) is 14.4 Å². The van der Waals surface area contributed by atoms with Gasteiger partial charge in [-0.3, -0.25) is 9.59 Å². The Balaban J connectivity index is 4.53. The molecule has 0 radical (unpaired) electrons. The van der Waals surface area contributed by atoms with E-state index in [4.69, 9.17) is 9.16 Å². The van der Waals surface area contributed by atoms with E-state index in [1.807, 2.05) is 0 Å². The van der Waals surface area contributed by atoms with Gasteiger partial charge in [-0.25, -0.2) is 0 Å². The van der Waals surface area contributed by atoms with Gasteiger partial charge >= 0.3 is 5.97 Å². The number of carbonyl (C=O) groups excluding carboxylic acids is 3. The monoisotopic (exact) mass is 302 g/mol. The average molecular weight is 302 g/mol. The molecule has 0 aliphatic rings. The van der Waals surface area contributed by atoms with E-state index in [1.165, 1.54) is 6.92 Å². The van der Waals surface area contributed by atoms with Crippen LogP contribution in [-0.2, 0) is 23.5 Å². The maximum Gasteiger partial charge on any atom is 0.303 e. The number of aldehydes is 2. The molecule has 2 atom stereocenters. The molecule has 0 aromatic heterocycles. The normalized spacial score (nSPS) is 15.3. The van der Waals surface area contributed by atoms with Gasteiger partial charge in [-0.15, -0.1) is 0 Å². The highest BCUT2D eigenvalue weighted by atomic mass is 28.4. The largest absolute Gasteiger partial charge is 0.455 e. The minimum atomic E-state index is -2.03. The summed E-state index contributed by atoms with van der Waals surface area (Å²) in [5.41, 5.74) is 0. The minimum absolute atomic E-state index is 0.00814. The van der Waals surface area contributed by atoms with Gasteiger partial charge in [-0.1, -0.05) is 20.8 Å². The Morgan fingerprint density at radius 3 is 1.90 bits per heavy atom. The lowest BCUT2D eigenvalue weighted by molar-refractivity contribution is -0.150. The third kappa shape index (κ3) is 6.43. The number of hydrogen-bond donors (Lipinski definition) is 0. The third-order valence-electron chi connectivity index (χ3n) is 3.61. The summed E-state index contributed by atoms with van der Waals surface area (Å²) in [6.07, 6.45) is 0.631. The zero-order valence-electron chi connectivity index (χ0n) is 13.3. The lowest BCUT2D eigenvalue weighted by atomic mass is 10.1. The molecule has 116 valence electrons. The molecule has 0 N–H and O–H groups in total. The van der Waals surface area contributed by atoms with Crippen LogP contribution in [0.5, 0.6) is 0 Å². The molecule has 0 amide bonds. The first-order chi connectivity index (χ1) is 9.03. The van der Waals surface area contributed by atoms with Crippen LogP contribution in [0.25, 0.3) is 0 Å². The first kappa shape index (κ1) is 19.0. The van der Waals surface area contributed by atoms with E-state index >= 15 is 0 Å². The van der Waals surface area contributed by atoms with E-state index in [0.29, 0.717) is 19.1 Å². The predicted molar refractivity (Wildman–Crippen MR) is 79.0 cm³/mol. The molecule has 0 aliphatic heterocycles. The molecule has 0 bridgehead atoms. The van der Waals surface area contributed by atoms with Crippen LogP contribution in [0.4, 0.5) is 0 Å². The molecular weight excluding hydrogens is 276 g/mol. The molecule has 0 spiro atoms. The molecule has 0 saturated heterocycles. The van der Waals surface area contributed by atoms with Crippen molar-refractivity contribution >= 4 is 26.9 Å². The Kier molecular flexibility index (Phi) is 7.30. The first-order valence-corrected chi connectivity index (χ1v) is 9.70. The summed E-state index contributed by atoms with van der Waals surface area (Å²) in [6.45, 7) is 11.6. The van der Waals surface area contributed by atoms with Gasteiger partial charge in [0.15, 0.2) is 20.7 Å². The minimum Gasteiger partial charge on any atom is -0.455 e. The Labute approximate surface area is 122 Å². The van der Waals surface area contributed by atoms with Gasteiger partial charge in [-0.2, -0.15) is 0 Å². The zero-order chi connectivity index (χ0) is 16.0. The average Bonchev–Trinajstić information content (AvgIpc) is 2.30. The Bertz CT molecular complexity index is 346. The number of carbonyl (C=O) groups is 3. The van der Waals surface area contributed by atoms with E-state index in [-0.39, 0.29) is 5.04 Å². The molecule has 20 heavy (non-hydrogen) atoms. The van der Waals surface area contributed by atoms with Gasteiger partial charge in [-0.05, 0) is 31.0 Å². The topological polar surface area (TPSA) is 69.7 Å². The van der Waals surface area contributed by atoms with Crippen LogP contribution in [0.3, 0.4) is 0 Å². The Morgan fingerprint density at radius 2 is 1.55 bits per heavy atom. The van der Waals surface area contributed by atoms with Crippen molar-refractivity contribution in [2.24, 2.45) is 0 Å². The van der Waals surface area contributed by atoms with Crippen molar-refractivity contribution in [3.05, 3.63) is 0 Å². The van der Waals surface area contributed by atoms with Gasteiger partial charge in [0.25, 0.3) is 0 Å². The Hall–Kier alpha value is -1.01. The molecule has 0 unspecified atom stereocenters. The summed E-state index contributed by atoms with van der Waals surface area (Å²) in [6, 6.07) is 0. The van der Waals surface area contributed by atoms with Crippen molar-refractivity contribution in [3.8, 4) is 0 Å². The van der Waals surface area contributed by atoms with Gasteiger partial charge in [0.05, 0.1) is 0 Å². The molecule has 5 nitrogen and oxygen atoms in total. The second kappa shape index (κ2) is 7.69. The molecule has 0 saturated carbocycles. The number of esters is 1. The van der Waals surface area contributed by atoms with Crippen LogP contribution in [-0.4, -0.2) is 39.1 Å². The molecule has 0 heterocycles. The zero-order valence-corrected chi connectivity index (χ0v) is 14.3. The van der Waals surface area contributed by atoms with Crippen LogP contribution in [0.15, 0.2) is 0 Å². The van der Waals surface area contributed by atoms with Gasteiger partial charge < -0.3 is 14.0 Å². The number of ether oxygens (including phenoxy) is 1. The van der Waals surface area contributed by atoms with Crippen LogP contribution in [0.2, 0.25) is 18.1 Å². The van der Waals surface area contributed by atoms with E-state index < -0.39 is 26.5 Å². The van der Waals surface area contributed by atoms with Gasteiger partial charge in [0, 0.05) is 6.92 Å². The second-order valence-corrected chi connectivity index (χ2v) is 11.2. The van der Waals surface area contributed by atoms with Crippen molar-refractivity contribution in [2.45, 2.75) is 70.9 Å². The fraction of sp³-hybridized carbons (Fsp3) is 0.786. The van der Waals surface area contributed by atoms with Crippen LogP contribution >= 0.6 is 0 Å². The maximum absolute atomic E-state index is 11.1. The maximum atomic E-state index is 11.1. The van der Waals surface area contributed by atoms with Crippen LogP contribution in [0, 0.1) is 0 Å². The van der Waals surface area contributed by atoms with E-state index in [1.54, 1.807) is 0 Å². The third-order valence-corrected chi connectivity index (χ3v) is 8.11. The number of rotatable bonds is 8. The molecule has 0 aliphatic carbocycles. The van der Waals surface area contributed by atoms with Crippen molar-refractivity contribution < 1.29 is 23.5 Å². The highest BCUT2D eigenvalue weighted by Crippen LogP contribution is 2.37. The molecule has 0 fully saturated rings. The van der Waals surface area contributed by atoms with Crippen molar-refractivity contribution in [1.82, 2.24) is 0 Å². The summed E-state index contributed by atoms with van der Waals surface area (Å²) >= 11 is 0. The highest BCUT2D eigenvalue weighted by Gasteiger charge is 2.39. The van der Waals surface area contributed by atoms with Crippen molar-refractivity contribution in [3.63, 3.8) is 0 Å². The quantitative estimate of drug-likeness (QED) is 0.391. The summed E-state index contributed by atoms with van der Waals surface area (Å²) in [7, 11) is -2.03. The molecule has 0 aromatic rings. The fourth-order valence-corrected chi connectivity index (χ4v) is 2.69. The van der Waals surface area contributed by atoms with Crippen molar-refractivity contribution in [1.29, 1.82) is 0 Å². The second-order valence-electron chi connectivity index (χ2n) is 6.41. The first-order valence-electron chi connectivity index (χ1n) is 6.79. The highest BCUT2D eigenvalue weighted by molar-refractivity contribution is 6.74. The number of hydrogen-bond acceptors (Lipinski definition) is 5. The SMILES string of the molecule is CC(=O)O[C@H](C=O)CC[C@H](C=O)O[Si](C)(C)C(C)(C)C.